The van der Waals surface area contributed by atoms with Crippen molar-refractivity contribution < 1.29 is 4.39 Å². The minimum atomic E-state index is -0.123. The fraction of sp³-hybridized carbons (Fsp3) is 0.625. The molecular weight excluding hydrogens is 253 g/mol. The highest BCUT2D eigenvalue weighted by Crippen LogP contribution is 2.21. The molecule has 1 aromatic carbocycles. The van der Waals surface area contributed by atoms with Crippen molar-refractivity contribution in [2.45, 2.75) is 32.2 Å². The summed E-state index contributed by atoms with van der Waals surface area (Å²) in [5.74, 6) is -0.123. The van der Waals surface area contributed by atoms with Gasteiger partial charge in [-0.3, -0.25) is 4.90 Å². The molecule has 1 atom stereocenters. The number of hydrogen-bond acceptors (Lipinski definition) is 3. The maximum absolute atomic E-state index is 13.8. The van der Waals surface area contributed by atoms with Gasteiger partial charge in [-0.25, -0.2) is 4.39 Å². The number of nitrogens with zero attached hydrogens (tertiary/aromatic N) is 2. The number of para-hydroxylation sites is 1. The van der Waals surface area contributed by atoms with Crippen LogP contribution in [0, 0.1) is 5.82 Å². The van der Waals surface area contributed by atoms with E-state index < -0.39 is 0 Å². The van der Waals surface area contributed by atoms with Crippen LogP contribution in [-0.2, 0) is 0 Å². The molecule has 4 heteroatoms. The predicted octanol–water partition coefficient (Wildman–Crippen LogP) is 2.47. The lowest BCUT2D eigenvalue weighted by Crippen LogP contribution is -2.52. The summed E-state index contributed by atoms with van der Waals surface area (Å²) < 4.78 is 13.8. The Morgan fingerprint density at radius 3 is 2.50 bits per heavy atom. The molecule has 3 nitrogen and oxygen atoms in total. The molecule has 0 aromatic heterocycles. The summed E-state index contributed by atoms with van der Waals surface area (Å²) in [6.07, 6.45) is 3.62. The Labute approximate surface area is 121 Å². The number of benzene rings is 1. The minimum Gasteiger partial charge on any atom is -0.367 e. The van der Waals surface area contributed by atoms with Crippen molar-refractivity contribution in [3.63, 3.8) is 0 Å². The first-order chi connectivity index (χ1) is 9.76. The summed E-state index contributed by atoms with van der Waals surface area (Å²) in [5.41, 5.74) is 6.63. The molecule has 0 bridgehead atoms. The maximum atomic E-state index is 13.8. The van der Waals surface area contributed by atoms with Gasteiger partial charge in [0.05, 0.1) is 5.69 Å². The lowest BCUT2D eigenvalue weighted by molar-refractivity contribution is 0.177. The lowest BCUT2D eigenvalue weighted by Gasteiger charge is -2.40. The van der Waals surface area contributed by atoms with Crippen LogP contribution in [0.25, 0.3) is 0 Å². The minimum absolute atomic E-state index is 0.123. The van der Waals surface area contributed by atoms with Gasteiger partial charge in [-0.2, -0.15) is 0 Å². The summed E-state index contributed by atoms with van der Waals surface area (Å²) in [6, 6.07) is 7.52. The van der Waals surface area contributed by atoms with Gasteiger partial charge in [-0.05, 0) is 18.6 Å². The van der Waals surface area contributed by atoms with Crippen LogP contribution in [0.2, 0.25) is 0 Å². The molecule has 1 unspecified atom stereocenters. The molecule has 2 N–H and O–H groups in total. The van der Waals surface area contributed by atoms with E-state index in [4.69, 9.17) is 5.73 Å². The Morgan fingerprint density at radius 1 is 1.20 bits per heavy atom. The van der Waals surface area contributed by atoms with E-state index in [0.29, 0.717) is 6.04 Å². The van der Waals surface area contributed by atoms with E-state index >= 15 is 0 Å². The van der Waals surface area contributed by atoms with Crippen LogP contribution in [0.15, 0.2) is 24.3 Å². The highest BCUT2D eigenvalue weighted by atomic mass is 19.1. The van der Waals surface area contributed by atoms with Gasteiger partial charge in [-0.1, -0.05) is 31.9 Å². The van der Waals surface area contributed by atoms with Crippen molar-refractivity contribution in [1.29, 1.82) is 0 Å². The van der Waals surface area contributed by atoms with Crippen molar-refractivity contribution in [2.75, 3.05) is 37.6 Å². The Kier molecular flexibility index (Phi) is 5.80. The van der Waals surface area contributed by atoms with Crippen molar-refractivity contribution in [1.82, 2.24) is 4.90 Å². The van der Waals surface area contributed by atoms with E-state index in [-0.39, 0.29) is 5.82 Å². The standard InChI is InChI=1S/C16H26FN3/c1-2-3-6-14(13-18)19-9-11-20(12-10-19)16-8-5-4-7-15(16)17/h4-5,7-8,14H,2-3,6,9-13,18H2,1H3. The quantitative estimate of drug-likeness (QED) is 0.868. The number of halogens is 1. The average molecular weight is 279 g/mol. The second-order valence-electron chi connectivity index (χ2n) is 5.51. The van der Waals surface area contributed by atoms with Gasteiger partial charge in [0.25, 0.3) is 0 Å². The van der Waals surface area contributed by atoms with Gasteiger partial charge in [0, 0.05) is 38.8 Å². The highest BCUT2D eigenvalue weighted by molar-refractivity contribution is 5.48. The number of nitrogens with two attached hydrogens (primary N) is 1. The largest absolute Gasteiger partial charge is 0.367 e. The molecular formula is C16H26FN3. The van der Waals surface area contributed by atoms with Gasteiger partial charge in [0.2, 0.25) is 0 Å². The first-order valence-corrected chi connectivity index (χ1v) is 7.69. The van der Waals surface area contributed by atoms with Crippen LogP contribution in [-0.4, -0.2) is 43.7 Å². The van der Waals surface area contributed by atoms with Gasteiger partial charge in [-0.15, -0.1) is 0 Å². The smallest absolute Gasteiger partial charge is 0.146 e. The summed E-state index contributed by atoms with van der Waals surface area (Å²) >= 11 is 0. The second-order valence-corrected chi connectivity index (χ2v) is 5.51. The van der Waals surface area contributed by atoms with E-state index in [2.05, 4.69) is 16.7 Å². The van der Waals surface area contributed by atoms with Gasteiger partial charge >= 0.3 is 0 Å². The lowest BCUT2D eigenvalue weighted by atomic mass is 10.1. The number of anilines is 1. The maximum Gasteiger partial charge on any atom is 0.146 e. The third kappa shape index (κ3) is 3.70. The Bertz CT molecular complexity index is 402. The van der Waals surface area contributed by atoms with Crippen LogP contribution in [0.3, 0.4) is 0 Å². The molecule has 0 amide bonds. The summed E-state index contributed by atoms with van der Waals surface area (Å²) in [4.78, 5) is 4.60. The van der Waals surface area contributed by atoms with Crippen LogP contribution in [0.4, 0.5) is 10.1 Å². The van der Waals surface area contributed by atoms with Crippen molar-refractivity contribution in [2.24, 2.45) is 5.73 Å². The second kappa shape index (κ2) is 7.60. The molecule has 0 radical (unpaired) electrons. The molecule has 0 aliphatic carbocycles. The molecule has 1 heterocycles. The molecule has 1 aromatic rings. The molecule has 2 rings (SSSR count). The fourth-order valence-electron chi connectivity index (χ4n) is 2.93. The molecule has 20 heavy (non-hydrogen) atoms. The number of hydrogen-bond donors (Lipinski definition) is 1. The molecule has 1 saturated heterocycles. The fourth-order valence-corrected chi connectivity index (χ4v) is 2.93. The zero-order valence-electron chi connectivity index (χ0n) is 12.4. The van der Waals surface area contributed by atoms with E-state index in [9.17, 15) is 4.39 Å². The molecule has 112 valence electrons. The van der Waals surface area contributed by atoms with Gasteiger partial charge in [0.1, 0.15) is 5.82 Å². The van der Waals surface area contributed by atoms with Gasteiger partial charge < -0.3 is 10.6 Å². The molecule has 1 fully saturated rings. The zero-order valence-corrected chi connectivity index (χ0v) is 12.4. The molecule has 0 saturated carbocycles. The average Bonchev–Trinajstić information content (AvgIpc) is 2.49. The van der Waals surface area contributed by atoms with Crippen molar-refractivity contribution >= 4 is 5.69 Å². The van der Waals surface area contributed by atoms with Crippen molar-refractivity contribution in [3.8, 4) is 0 Å². The Balaban J connectivity index is 1.90. The number of rotatable bonds is 6. The van der Waals surface area contributed by atoms with E-state index in [1.807, 2.05) is 12.1 Å². The zero-order chi connectivity index (χ0) is 14.4. The number of unbranched alkanes of at least 4 members (excludes halogenated alkanes) is 1. The van der Waals surface area contributed by atoms with Crippen molar-refractivity contribution in [3.05, 3.63) is 30.1 Å². The monoisotopic (exact) mass is 279 g/mol. The first-order valence-electron chi connectivity index (χ1n) is 7.69. The third-order valence-corrected chi connectivity index (χ3v) is 4.19. The van der Waals surface area contributed by atoms with E-state index in [0.717, 1.165) is 38.4 Å². The summed E-state index contributed by atoms with van der Waals surface area (Å²) in [7, 11) is 0. The highest BCUT2D eigenvalue weighted by Gasteiger charge is 2.23. The van der Waals surface area contributed by atoms with Crippen LogP contribution >= 0.6 is 0 Å². The molecule has 0 spiro atoms. The molecule has 1 aliphatic heterocycles. The SMILES string of the molecule is CCCCC(CN)N1CCN(c2ccccc2F)CC1. The van der Waals surface area contributed by atoms with Gasteiger partial charge in [0.15, 0.2) is 0 Å². The first kappa shape index (κ1) is 15.3. The normalized spacial score (nSPS) is 18.2. The van der Waals surface area contributed by atoms with Crippen LogP contribution in [0.1, 0.15) is 26.2 Å². The van der Waals surface area contributed by atoms with E-state index in [1.54, 1.807) is 6.07 Å². The molecule has 1 aliphatic rings. The van der Waals surface area contributed by atoms with E-state index in [1.165, 1.54) is 25.3 Å². The van der Waals surface area contributed by atoms with Crippen LogP contribution < -0.4 is 10.6 Å². The summed E-state index contributed by atoms with van der Waals surface area (Å²) in [5, 5.41) is 0. The predicted molar refractivity (Wildman–Crippen MR) is 82.6 cm³/mol. The van der Waals surface area contributed by atoms with Crippen LogP contribution in [0.5, 0.6) is 0 Å². The summed E-state index contributed by atoms with van der Waals surface area (Å²) in [6.45, 7) is 6.64. The Morgan fingerprint density at radius 2 is 1.90 bits per heavy atom. The number of piperazine rings is 1. The third-order valence-electron chi connectivity index (χ3n) is 4.19. The Hall–Kier alpha value is -1.13. The topological polar surface area (TPSA) is 32.5 Å².